The smallest absolute Gasteiger partial charge is 0.407 e. The molecule has 5 heteroatoms. The van der Waals surface area contributed by atoms with E-state index in [1.54, 1.807) is 30.5 Å². The van der Waals surface area contributed by atoms with Crippen LogP contribution in [0, 0.1) is 5.82 Å². The molecule has 1 aromatic carbocycles. The van der Waals surface area contributed by atoms with Crippen LogP contribution in [-0.4, -0.2) is 11.1 Å². The van der Waals surface area contributed by atoms with E-state index in [2.05, 4.69) is 9.72 Å². The van der Waals surface area contributed by atoms with E-state index < -0.39 is 11.9 Å². The molecule has 0 unspecified atom stereocenters. The van der Waals surface area contributed by atoms with Crippen LogP contribution in [0.5, 0.6) is 5.75 Å². The van der Waals surface area contributed by atoms with Crippen molar-refractivity contribution in [1.82, 2.24) is 4.98 Å². The maximum Gasteiger partial charge on any atom is 0.410 e. The Kier molecular flexibility index (Phi) is 3.00. The maximum absolute atomic E-state index is 13.5. The van der Waals surface area contributed by atoms with Crippen LogP contribution in [0.4, 0.5) is 9.18 Å². The predicted molar refractivity (Wildman–Crippen MR) is 59.8 cm³/mol. The molecule has 2 rings (SSSR count). The third kappa shape index (κ3) is 2.57. The Morgan fingerprint density at radius 2 is 2.12 bits per heavy atom. The van der Waals surface area contributed by atoms with Crippen molar-refractivity contribution in [2.75, 3.05) is 0 Å². The van der Waals surface area contributed by atoms with Crippen molar-refractivity contribution in [3.05, 3.63) is 48.4 Å². The van der Waals surface area contributed by atoms with Gasteiger partial charge in [-0.05, 0) is 30.3 Å². The Bertz CT molecular complexity index is 543. The lowest BCUT2D eigenvalue weighted by Crippen LogP contribution is -2.16. The summed E-state index contributed by atoms with van der Waals surface area (Å²) in [6.07, 6.45) is 0.565. The van der Waals surface area contributed by atoms with Gasteiger partial charge in [0.2, 0.25) is 0 Å². The zero-order valence-corrected chi connectivity index (χ0v) is 8.76. The minimum absolute atomic E-state index is 0.197. The lowest BCUT2D eigenvalue weighted by atomic mass is 10.1. The van der Waals surface area contributed by atoms with Crippen LogP contribution in [-0.2, 0) is 0 Å². The molecule has 0 spiro atoms. The second-order valence-electron chi connectivity index (χ2n) is 3.28. The van der Waals surface area contributed by atoms with Gasteiger partial charge in [-0.2, -0.15) is 0 Å². The Morgan fingerprint density at radius 3 is 2.71 bits per heavy atom. The molecule has 1 amide bonds. The molecule has 0 aliphatic carbocycles. The monoisotopic (exact) mass is 232 g/mol. The number of amides is 1. The predicted octanol–water partition coefficient (Wildman–Crippen LogP) is 2.35. The fourth-order valence-electron chi connectivity index (χ4n) is 1.38. The molecule has 4 nitrogen and oxygen atoms in total. The van der Waals surface area contributed by atoms with E-state index in [9.17, 15) is 9.18 Å². The summed E-state index contributed by atoms with van der Waals surface area (Å²) in [4.78, 5) is 14.6. The van der Waals surface area contributed by atoms with Gasteiger partial charge < -0.3 is 10.5 Å². The highest BCUT2D eigenvalue weighted by molar-refractivity contribution is 5.69. The van der Waals surface area contributed by atoms with Crippen molar-refractivity contribution in [2.45, 2.75) is 0 Å². The number of nitrogens with two attached hydrogens (primary N) is 1. The fraction of sp³-hybridized carbons (Fsp3) is 0. The first kappa shape index (κ1) is 11.1. The van der Waals surface area contributed by atoms with E-state index in [4.69, 9.17) is 5.73 Å². The molecule has 0 saturated heterocycles. The molecule has 86 valence electrons. The Morgan fingerprint density at radius 1 is 1.29 bits per heavy atom. The van der Waals surface area contributed by atoms with Gasteiger partial charge in [0.1, 0.15) is 0 Å². The minimum atomic E-state index is -1.05. The third-order valence-electron chi connectivity index (χ3n) is 2.10. The number of benzene rings is 1. The van der Waals surface area contributed by atoms with E-state index in [0.29, 0.717) is 11.3 Å². The van der Waals surface area contributed by atoms with Crippen LogP contribution in [0.15, 0.2) is 42.6 Å². The highest BCUT2D eigenvalue weighted by Gasteiger charge is 2.08. The summed E-state index contributed by atoms with van der Waals surface area (Å²) in [5, 5.41) is 0. The molecular formula is C12H9FN2O2. The number of primary amides is 1. The van der Waals surface area contributed by atoms with E-state index in [1.807, 2.05) is 0 Å². The van der Waals surface area contributed by atoms with Crippen LogP contribution >= 0.6 is 0 Å². The second kappa shape index (κ2) is 4.61. The molecular weight excluding hydrogens is 223 g/mol. The second-order valence-corrected chi connectivity index (χ2v) is 3.28. The van der Waals surface area contributed by atoms with Gasteiger partial charge in [0.05, 0.1) is 5.69 Å². The SMILES string of the molecule is NC(=O)Oc1ccc(-c2ccccn2)cc1F. The molecule has 0 radical (unpaired) electrons. The summed E-state index contributed by atoms with van der Waals surface area (Å²) in [6.45, 7) is 0. The highest BCUT2D eigenvalue weighted by atomic mass is 19.1. The first-order chi connectivity index (χ1) is 8.16. The van der Waals surface area contributed by atoms with Crippen molar-refractivity contribution < 1.29 is 13.9 Å². The number of aromatic nitrogens is 1. The number of carbonyl (C=O) groups excluding carboxylic acids is 1. The number of hydrogen-bond acceptors (Lipinski definition) is 3. The summed E-state index contributed by atoms with van der Waals surface area (Å²) < 4.78 is 18.0. The van der Waals surface area contributed by atoms with Gasteiger partial charge in [0.25, 0.3) is 0 Å². The average Bonchev–Trinajstić information content (AvgIpc) is 2.32. The van der Waals surface area contributed by atoms with Crippen molar-refractivity contribution in [3.63, 3.8) is 0 Å². The normalized spacial score (nSPS) is 9.94. The van der Waals surface area contributed by atoms with E-state index in [1.165, 1.54) is 12.1 Å². The summed E-state index contributed by atoms with van der Waals surface area (Å²) in [6, 6.07) is 9.50. The van der Waals surface area contributed by atoms with Gasteiger partial charge in [-0.3, -0.25) is 4.98 Å². The van der Waals surface area contributed by atoms with Crippen LogP contribution in [0.3, 0.4) is 0 Å². The van der Waals surface area contributed by atoms with Gasteiger partial charge in [0.15, 0.2) is 11.6 Å². The first-order valence-corrected chi connectivity index (χ1v) is 4.85. The number of halogens is 1. The summed E-state index contributed by atoms with van der Waals surface area (Å²) in [5.41, 5.74) is 6.04. The molecule has 2 N–H and O–H groups in total. The minimum Gasteiger partial charge on any atom is -0.407 e. The summed E-state index contributed by atoms with van der Waals surface area (Å²) in [7, 11) is 0. The zero-order chi connectivity index (χ0) is 12.3. The molecule has 2 aromatic rings. The summed E-state index contributed by atoms with van der Waals surface area (Å²) >= 11 is 0. The van der Waals surface area contributed by atoms with Gasteiger partial charge in [-0.15, -0.1) is 0 Å². The van der Waals surface area contributed by atoms with Crippen LogP contribution < -0.4 is 10.5 Å². The first-order valence-electron chi connectivity index (χ1n) is 4.85. The summed E-state index contributed by atoms with van der Waals surface area (Å²) in [5.74, 6) is -0.857. The van der Waals surface area contributed by atoms with Gasteiger partial charge >= 0.3 is 6.09 Å². The molecule has 0 aliphatic heterocycles. The molecule has 1 aromatic heterocycles. The van der Waals surface area contributed by atoms with Crippen molar-refractivity contribution in [3.8, 4) is 17.0 Å². The van der Waals surface area contributed by atoms with Crippen molar-refractivity contribution >= 4 is 6.09 Å². The molecule has 0 fully saturated rings. The topological polar surface area (TPSA) is 65.2 Å². The van der Waals surface area contributed by atoms with E-state index >= 15 is 0 Å². The lowest BCUT2D eigenvalue weighted by Gasteiger charge is -2.04. The van der Waals surface area contributed by atoms with Crippen LogP contribution in [0.2, 0.25) is 0 Å². The third-order valence-corrected chi connectivity index (χ3v) is 2.10. The highest BCUT2D eigenvalue weighted by Crippen LogP contribution is 2.24. The number of pyridine rings is 1. The number of nitrogens with zero attached hydrogens (tertiary/aromatic N) is 1. The van der Waals surface area contributed by atoms with Gasteiger partial charge in [-0.25, -0.2) is 9.18 Å². The molecule has 1 heterocycles. The quantitative estimate of drug-likeness (QED) is 0.864. The number of hydrogen-bond donors (Lipinski definition) is 1. The fourth-order valence-corrected chi connectivity index (χ4v) is 1.38. The van der Waals surface area contributed by atoms with E-state index in [0.717, 1.165) is 0 Å². The molecule has 0 aliphatic rings. The van der Waals surface area contributed by atoms with Gasteiger partial charge in [0, 0.05) is 11.8 Å². The van der Waals surface area contributed by atoms with Gasteiger partial charge in [-0.1, -0.05) is 6.07 Å². The maximum atomic E-state index is 13.5. The largest absolute Gasteiger partial charge is 0.410 e. The van der Waals surface area contributed by atoms with Crippen LogP contribution in [0.1, 0.15) is 0 Å². The van der Waals surface area contributed by atoms with Crippen LogP contribution in [0.25, 0.3) is 11.3 Å². The zero-order valence-electron chi connectivity index (χ0n) is 8.76. The number of carbonyl (C=O) groups is 1. The molecule has 17 heavy (non-hydrogen) atoms. The Hall–Kier alpha value is -2.43. The lowest BCUT2D eigenvalue weighted by molar-refractivity contribution is 0.208. The standard InChI is InChI=1S/C12H9FN2O2/c13-9-7-8(10-3-1-2-6-15-10)4-5-11(9)17-12(14)16/h1-7H,(H2,14,16). The number of rotatable bonds is 2. The average molecular weight is 232 g/mol. The Balaban J connectivity index is 2.34. The van der Waals surface area contributed by atoms with E-state index in [-0.39, 0.29) is 5.75 Å². The Labute approximate surface area is 96.9 Å². The molecule has 0 atom stereocenters. The van der Waals surface area contributed by atoms with Crippen molar-refractivity contribution in [2.24, 2.45) is 5.73 Å². The molecule has 0 saturated carbocycles. The number of ether oxygens (including phenoxy) is 1. The van der Waals surface area contributed by atoms with Crippen molar-refractivity contribution in [1.29, 1.82) is 0 Å². The molecule has 0 bridgehead atoms.